The number of nitrogens with one attached hydrogen (secondary N) is 1. The molecule has 0 amide bonds. The summed E-state index contributed by atoms with van der Waals surface area (Å²) in [6, 6.07) is -0.148. The lowest BCUT2D eigenvalue weighted by molar-refractivity contribution is 0.494. The van der Waals surface area contributed by atoms with E-state index in [1.165, 1.54) is 0 Å². The van der Waals surface area contributed by atoms with Crippen molar-refractivity contribution in [1.82, 2.24) is 14.5 Å². The molecule has 0 spiro atoms. The van der Waals surface area contributed by atoms with Crippen molar-refractivity contribution < 1.29 is 8.42 Å². The van der Waals surface area contributed by atoms with Crippen LogP contribution in [-0.4, -0.2) is 29.8 Å². The molecular formula is C12H20ClN3O2S. The number of hydrogen-bond donors (Lipinski definition) is 1. The minimum atomic E-state index is -3.30. The summed E-state index contributed by atoms with van der Waals surface area (Å²) in [5.41, 5.74) is 2.14. The Morgan fingerprint density at radius 3 is 3.05 bits per heavy atom. The summed E-state index contributed by atoms with van der Waals surface area (Å²) in [5, 5.41) is 4.22. The Morgan fingerprint density at radius 1 is 1.63 bits per heavy atom. The molecular weight excluding hydrogens is 286 g/mol. The Bertz CT molecular complexity index is 541. The number of hydrogen-bond acceptors (Lipinski definition) is 3. The van der Waals surface area contributed by atoms with Crippen molar-refractivity contribution in [2.75, 3.05) is 11.6 Å². The van der Waals surface area contributed by atoms with Gasteiger partial charge in [0.15, 0.2) is 0 Å². The van der Waals surface area contributed by atoms with Gasteiger partial charge in [0.2, 0.25) is 10.0 Å². The van der Waals surface area contributed by atoms with Crippen LogP contribution in [0.25, 0.3) is 0 Å². The largest absolute Gasteiger partial charge is 0.272 e. The second kappa shape index (κ2) is 5.81. The third-order valence-electron chi connectivity index (χ3n) is 3.46. The summed E-state index contributed by atoms with van der Waals surface area (Å²) in [6.45, 7) is 1.84. The van der Waals surface area contributed by atoms with Crippen molar-refractivity contribution in [3.05, 3.63) is 17.5 Å². The summed E-state index contributed by atoms with van der Waals surface area (Å²) >= 11 is 5.68. The number of alkyl halides is 1. The molecule has 5 nitrogen and oxygen atoms in total. The molecule has 108 valence electrons. The zero-order valence-electron chi connectivity index (χ0n) is 11.3. The van der Waals surface area contributed by atoms with Gasteiger partial charge in [-0.05, 0) is 25.2 Å². The highest BCUT2D eigenvalue weighted by molar-refractivity contribution is 7.89. The first-order chi connectivity index (χ1) is 8.93. The number of aromatic nitrogens is 2. The van der Waals surface area contributed by atoms with Crippen LogP contribution in [0.4, 0.5) is 0 Å². The van der Waals surface area contributed by atoms with Crippen LogP contribution in [0, 0.1) is 5.92 Å². The molecule has 2 atom stereocenters. The lowest BCUT2D eigenvalue weighted by atomic mass is 9.94. The van der Waals surface area contributed by atoms with E-state index in [4.69, 9.17) is 11.6 Å². The summed E-state index contributed by atoms with van der Waals surface area (Å²) in [7, 11) is -1.40. The van der Waals surface area contributed by atoms with E-state index >= 15 is 0 Å². The Kier molecular flexibility index (Phi) is 4.53. The number of halogens is 1. The normalized spacial score (nSPS) is 21.1. The number of sulfonamides is 1. The summed E-state index contributed by atoms with van der Waals surface area (Å²) in [6.07, 6.45) is 4.53. The van der Waals surface area contributed by atoms with E-state index in [1.807, 2.05) is 18.7 Å². The maximum absolute atomic E-state index is 12.1. The molecule has 0 bridgehead atoms. The minimum absolute atomic E-state index is 0.0453. The second-order valence-electron chi connectivity index (χ2n) is 5.27. The predicted octanol–water partition coefficient (Wildman–Crippen LogP) is 1.59. The van der Waals surface area contributed by atoms with E-state index in [0.29, 0.717) is 5.88 Å². The monoisotopic (exact) mass is 305 g/mol. The van der Waals surface area contributed by atoms with Gasteiger partial charge in [-0.1, -0.05) is 6.92 Å². The zero-order valence-corrected chi connectivity index (χ0v) is 12.8. The zero-order chi connectivity index (χ0) is 14.0. The molecule has 0 fully saturated rings. The minimum Gasteiger partial charge on any atom is -0.272 e. The molecule has 0 saturated carbocycles. The van der Waals surface area contributed by atoms with Gasteiger partial charge in [-0.25, -0.2) is 13.1 Å². The van der Waals surface area contributed by atoms with Crippen LogP contribution in [0.3, 0.4) is 0 Å². The van der Waals surface area contributed by atoms with Gasteiger partial charge < -0.3 is 0 Å². The first-order valence-corrected chi connectivity index (χ1v) is 8.68. The van der Waals surface area contributed by atoms with Crippen LogP contribution in [0.15, 0.2) is 6.20 Å². The third-order valence-corrected chi connectivity index (χ3v) is 5.64. The van der Waals surface area contributed by atoms with E-state index in [2.05, 4.69) is 9.82 Å². The maximum atomic E-state index is 12.1. The number of fused-ring (bicyclic) bond motifs is 1. The maximum Gasteiger partial charge on any atom is 0.212 e. The molecule has 0 aliphatic heterocycles. The van der Waals surface area contributed by atoms with Crippen LogP contribution in [0.1, 0.15) is 37.1 Å². The average molecular weight is 306 g/mol. The van der Waals surface area contributed by atoms with Gasteiger partial charge in [0.1, 0.15) is 0 Å². The average Bonchev–Trinajstić information content (AvgIpc) is 2.71. The van der Waals surface area contributed by atoms with Crippen LogP contribution < -0.4 is 4.72 Å². The van der Waals surface area contributed by atoms with Crippen LogP contribution in [0.5, 0.6) is 0 Å². The number of aryl methyl sites for hydroxylation is 1. The third kappa shape index (κ3) is 3.49. The SMILES string of the molecule is CC(CCl)CS(=O)(=O)NC1CCCc2c1cnn2C. The molecule has 1 aliphatic rings. The van der Waals surface area contributed by atoms with E-state index in [1.54, 1.807) is 6.20 Å². The fraction of sp³-hybridized carbons (Fsp3) is 0.750. The molecule has 1 aromatic rings. The lowest BCUT2D eigenvalue weighted by Crippen LogP contribution is -2.34. The molecule has 1 N–H and O–H groups in total. The van der Waals surface area contributed by atoms with Gasteiger partial charge in [0, 0.05) is 24.2 Å². The van der Waals surface area contributed by atoms with E-state index in [9.17, 15) is 8.42 Å². The Labute approximate surface area is 119 Å². The Morgan fingerprint density at radius 2 is 2.37 bits per heavy atom. The van der Waals surface area contributed by atoms with Crippen molar-refractivity contribution in [3.63, 3.8) is 0 Å². The molecule has 19 heavy (non-hydrogen) atoms. The van der Waals surface area contributed by atoms with Crippen molar-refractivity contribution in [2.24, 2.45) is 13.0 Å². The molecule has 1 aliphatic carbocycles. The highest BCUT2D eigenvalue weighted by Gasteiger charge is 2.27. The van der Waals surface area contributed by atoms with Gasteiger partial charge in [-0.2, -0.15) is 5.10 Å². The van der Waals surface area contributed by atoms with Gasteiger partial charge in [-0.3, -0.25) is 4.68 Å². The molecule has 1 heterocycles. The molecule has 7 heteroatoms. The van der Waals surface area contributed by atoms with Gasteiger partial charge in [0.25, 0.3) is 0 Å². The topological polar surface area (TPSA) is 64.0 Å². The standard InChI is InChI=1S/C12H20ClN3O2S/c1-9(6-13)8-19(17,18)15-11-4-3-5-12-10(11)7-14-16(12)2/h7,9,11,15H,3-6,8H2,1-2H3. The van der Waals surface area contributed by atoms with E-state index in [-0.39, 0.29) is 17.7 Å². The highest BCUT2D eigenvalue weighted by atomic mass is 35.5. The van der Waals surface area contributed by atoms with Gasteiger partial charge >= 0.3 is 0 Å². The van der Waals surface area contributed by atoms with E-state index in [0.717, 1.165) is 30.5 Å². The fourth-order valence-corrected chi connectivity index (χ4v) is 4.39. The van der Waals surface area contributed by atoms with Gasteiger partial charge in [0.05, 0.1) is 18.0 Å². The molecule has 2 unspecified atom stereocenters. The van der Waals surface area contributed by atoms with Crippen LogP contribution in [-0.2, 0) is 23.5 Å². The first kappa shape index (κ1) is 14.8. The Hall–Kier alpha value is -0.590. The van der Waals surface area contributed by atoms with E-state index < -0.39 is 10.0 Å². The van der Waals surface area contributed by atoms with Crippen molar-refractivity contribution in [1.29, 1.82) is 0 Å². The molecule has 0 aromatic carbocycles. The molecule has 0 radical (unpaired) electrons. The summed E-state index contributed by atoms with van der Waals surface area (Å²) in [5.74, 6) is 0.378. The smallest absolute Gasteiger partial charge is 0.212 e. The quantitative estimate of drug-likeness (QED) is 0.840. The van der Waals surface area contributed by atoms with Crippen LogP contribution >= 0.6 is 11.6 Å². The second-order valence-corrected chi connectivity index (χ2v) is 7.38. The summed E-state index contributed by atoms with van der Waals surface area (Å²) < 4.78 is 28.8. The molecule has 0 saturated heterocycles. The lowest BCUT2D eigenvalue weighted by Gasteiger charge is -2.24. The number of nitrogens with zero attached hydrogens (tertiary/aromatic N) is 2. The van der Waals surface area contributed by atoms with Crippen molar-refractivity contribution in [2.45, 2.75) is 32.2 Å². The number of rotatable bonds is 5. The Balaban J connectivity index is 2.12. The fourth-order valence-electron chi connectivity index (χ4n) is 2.51. The first-order valence-electron chi connectivity index (χ1n) is 6.49. The van der Waals surface area contributed by atoms with Gasteiger partial charge in [-0.15, -0.1) is 11.6 Å². The summed E-state index contributed by atoms with van der Waals surface area (Å²) in [4.78, 5) is 0. The highest BCUT2D eigenvalue weighted by Crippen LogP contribution is 2.29. The molecule has 2 rings (SSSR count). The molecule has 1 aromatic heterocycles. The van der Waals surface area contributed by atoms with Crippen LogP contribution in [0.2, 0.25) is 0 Å². The predicted molar refractivity (Wildman–Crippen MR) is 75.7 cm³/mol. The van der Waals surface area contributed by atoms with Crippen molar-refractivity contribution >= 4 is 21.6 Å². The van der Waals surface area contributed by atoms with Crippen molar-refractivity contribution in [3.8, 4) is 0 Å².